The predicted molar refractivity (Wildman–Crippen MR) is 48.6 cm³/mol. The normalized spacial score (nSPS) is 13.4. The first-order chi connectivity index (χ1) is 6.77. The Kier molecular flexibility index (Phi) is 2.06. The molecule has 0 saturated carbocycles. The Labute approximate surface area is 79.7 Å². The van der Waals surface area contributed by atoms with Crippen molar-refractivity contribution in [1.29, 1.82) is 0 Å². The molecule has 5 nitrogen and oxygen atoms in total. The lowest BCUT2D eigenvalue weighted by atomic mass is 10.2. The first-order valence-electron chi connectivity index (χ1n) is 3.97. The molecule has 14 heavy (non-hydrogen) atoms. The maximum Gasteiger partial charge on any atom is 0.235 e. The van der Waals surface area contributed by atoms with Gasteiger partial charge in [-0.3, -0.25) is 10.1 Å². The van der Waals surface area contributed by atoms with E-state index in [9.17, 15) is 10.1 Å². The molecule has 0 atom stereocenters. The third-order valence-electron chi connectivity index (χ3n) is 1.80. The van der Waals surface area contributed by atoms with E-state index in [0.29, 0.717) is 17.1 Å². The van der Waals surface area contributed by atoms with Gasteiger partial charge in [-0.05, 0) is 6.07 Å². The molecule has 0 aliphatic carbocycles. The fraction of sp³-hybridized carbons (Fsp3) is 0.111. The highest BCUT2D eigenvalue weighted by Gasteiger charge is 2.15. The van der Waals surface area contributed by atoms with E-state index >= 15 is 0 Å². The second kappa shape index (κ2) is 3.37. The summed E-state index contributed by atoms with van der Waals surface area (Å²) in [7, 11) is 0. The van der Waals surface area contributed by atoms with Crippen molar-refractivity contribution < 1.29 is 14.4 Å². The van der Waals surface area contributed by atoms with Gasteiger partial charge < -0.3 is 9.47 Å². The zero-order valence-electron chi connectivity index (χ0n) is 7.17. The van der Waals surface area contributed by atoms with E-state index < -0.39 is 4.92 Å². The van der Waals surface area contributed by atoms with Gasteiger partial charge in [0.05, 0.1) is 4.92 Å². The Balaban J connectivity index is 2.35. The maximum absolute atomic E-state index is 10.1. The molecule has 0 fully saturated rings. The van der Waals surface area contributed by atoms with Crippen molar-refractivity contribution in [1.82, 2.24) is 0 Å². The molecule has 0 aromatic heterocycles. The van der Waals surface area contributed by atoms with Gasteiger partial charge >= 0.3 is 0 Å². The third-order valence-corrected chi connectivity index (χ3v) is 1.80. The lowest BCUT2D eigenvalue weighted by molar-refractivity contribution is -0.400. The Morgan fingerprint density at radius 1 is 1.43 bits per heavy atom. The van der Waals surface area contributed by atoms with Crippen molar-refractivity contribution in [3.05, 3.63) is 40.1 Å². The van der Waals surface area contributed by atoms with Crippen LogP contribution in [0.15, 0.2) is 24.4 Å². The molecule has 1 heterocycles. The Bertz CT molecular complexity index is 400. The maximum atomic E-state index is 10.1. The molecule has 72 valence electrons. The molecule has 0 bridgehead atoms. The number of hydrogen-bond acceptors (Lipinski definition) is 4. The summed E-state index contributed by atoms with van der Waals surface area (Å²) >= 11 is 0. The van der Waals surface area contributed by atoms with Gasteiger partial charge in [0.1, 0.15) is 0 Å². The minimum atomic E-state index is -0.519. The Hall–Kier alpha value is -2.04. The number of nitro groups is 1. The van der Waals surface area contributed by atoms with Gasteiger partial charge in [0.2, 0.25) is 13.0 Å². The van der Waals surface area contributed by atoms with E-state index in [4.69, 9.17) is 9.47 Å². The van der Waals surface area contributed by atoms with Gasteiger partial charge in [-0.25, -0.2) is 0 Å². The lowest BCUT2D eigenvalue weighted by Crippen LogP contribution is -1.93. The van der Waals surface area contributed by atoms with Crippen LogP contribution < -0.4 is 9.47 Å². The number of fused-ring (bicyclic) bond motifs is 1. The minimum absolute atomic E-state index is 0.165. The van der Waals surface area contributed by atoms with Gasteiger partial charge in [0.15, 0.2) is 11.5 Å². The van der Waals surface area contributed by atoms with Crippen LogP contribution in [0.25, 0.3) is 6.08 Å². The molecule has 0 amide bonds. The number of para-hydroxylation sites is 1. The number of nitrogens with zero attached hydrogens (tertiary/aromatic N) is 1. The van der Waals surface area contributed by atoms with Crippen LogP contribution in [0.4, 0.5) is 0 Å². The Morgan fingerprint density at radius 3 is 3.07 bits per heavy atom. The molecule has 0 radical (unpaired) electrons. The second-order valence-electron chi connectivity index (χ2n) is 2.68. The fourth-order valence-electron chi connectivity index (χ4n) is 1.23. The van der Waals surface area contributed by atoms with Crippen LogP contribution in [-0.4, -0.2) is 11.7 Å². The van der Waals surface area contributed by atoms with E-state index in [2.05, 4.69) is 0 Å². The summed E-state index contributed by atoms with van der Waals surface area (Å²) < 4.78 is 10.3. The monoisotopic (exact) mass is 193 g/mol. The summed E-state index contributed by atoms with van der Waals surface area (Å²) in [5.74, 6) is 1.18. The highest BCUT2D eigenvalue weighted by Crippen LogP contribution is 2.35. The summed E-state index contributed by atoms with van der Waals surface area (Å²) in [6.45, 7) is 0.165. The summed E-state index contributed by atoms with van der Waals surface area (Å²) in [5, 5.41) is 10.1. The molecule has 1 aromatic carbocycles. The average Bonchev–Trinajstić information content (AvgIpc) is 2.62. The second-order valence-corrected chi connectivity index (χ2v) is 2.68. The Morgan fingerprint density at radius 2 is 2.29 bits per heavy atom. The lowest BCUT2D eigenvalue weighted by Gasteiger charge is -1.98. The van der Waals surface area contributed by atoms with E-state index in [0.717, 1.165) is 6.20 Å². The number of benzene rings is 1. The zero-order valence-corrected chi connectivity index (χ0v) is 7.17. The summed E-state index contributed by atoms with van der Waals surface area (Å²) in [6.07, 6.45) is 2.25. The van der Waals surface area contributed by atoms with E-state index in [1.165, 1.54) is 6.08 Å². The third kappa shape index (κ3) is 1.52. The van der Waals surface area contributed by atoms with Gasteiger partial charge in [-0.1, -0.05) is 12.1 Å². The van der Waals surface area contributed by atoms with Crippen molar-refractivity contribution in [2.45, 2.75) is 0 Å². The summed E-state index contributed by atoms with van der Waals surface area (Å²) in [6, 6.07) is 5.24. The number of ether oxygens (including phenoxy) is 2. The van der Waals surface area contributed by atoms with Crippen LogP contribution >= 0.6 is 0 Å². The standard InChI is InChI=1S/C9H7NO4/c11-10(12)5-4-7-2-1-3-8-9(7)14-6-13-8/h1-5H,6H2/b5-4+. The average molecular weight is 193 g/mol. The minimum Gasteiger partial charge on any atom is -0.454 e. The topological polar surface area (TPSA) is 61.6 Å². The molecular formula is C9H7NO4. The van der Waals surface area contributed by atoms with Crippen LogP contribution in [0.2, 0.25) is 0 Å². The zero-order chi connectivity index (χ0) is 9.97. The van der Waals surface area contributed by atoms with Crippen molar-refractivity contribution >= 4 is 6.08 Å². The fourth-order valence-corrected chi connectivity index (χ4v) is 1.23. The molecule has 0 spiro atoms. The SMILES string of the molecule is O=[N+]([O-])/C=C/c1cccc2c1OCO2. The molecule has 0 unspecified atom stereocenters. The van der Waals surface area contributed by atoms with Gasteiger partial charge in [-0.15, -0.1) is 0 Å². The highest BCUT2D eigenvalue weighted by molar-refractivity contribution is 5.62. The van der Waals surface area contributed by atoms with Crippen molar-refractivity contribution in [3.8, 4) is 11.5 Å². The molecule has 1 aliphatic heterocycles. The largest absolute Gasteiger partial charge is 0.454 e. The van der Waals surface area contributed by atoms with Crippen LogP contribution in [0.3, 0.4) is 0 Å². The van der Waals surface area contributed by atoms with Crippen molar-refractivity contribution in [2.24, 2.45) is 0 Å². The van der Waals surface area contributed by atoms with Gasteiger partial charge in [0.25, 0.3) is 0 Å². The predicted octanol–water partition coefficient (Wildman–Crippen LogP) is 1.66. The van der Waals surface area contributed by atoms with Crippen molar-refractivity contribution in [2.75, 3.05) is 6.79 Å². The van der Waals surface area contributed by atoms with Crippen LogP contribution in [0.5, 0.6) is 11.5 Å². The molecule has 1 aliphatic rings. The van der Waals surface area contributed by atoms with Gasteiger partial charge in [-0.2, -0.15) is 0 Å². The highest BCUT2D eigenvalue weighted by atomic mass is 16.7. The van der Waals surface area contributed by atoms with Crippen LogP contribution in [0, 0.1) is 10.1 Å². The quantitative estimate of drug-likeness (QED) is 0.529. The van der Waals surface area contributed by atoms with Crippen LogP contribution in [0.1, 0.15) is 5.56 Å². The first-order valence-corrected chi connectivity index (χ1v) is 3.97. The van der Waals surface area contributed by atoms with E-state index in [1.807, 2.05) is 0 Å². The van der Waals surface area contributed by atoms with E-state index in [1.54, 1.807) is 18.2 Å². The first kappa shape index (κ1) is 8.55. The molecular weight excluding hydrogens is 186 g/mol. The molecule has 5 heteroatoms. The smallest absolute Gasteiger partial charge is 0.235 e. The molecule has 1 aromatic rings. The summed E-state index contributed by atoms with van der Waals surface area (Å²) in [5.41, 5.74) is 0.650. The molecule has 0 saturated heterocycles. The molecule has 0 N–H and O–H groups in total. The number of hydrogen-bond donors (Lipinski definition) is 0. The van der Waals surface area contributed by atoms with E-state index in [-0.39, 0.29) is 6.79 Å². The van der Waals surface area contributed by atoms with Gasteiger partial charge in [0, 0.05) is 11.6 Å². The van der Waals surface area contributed by atoms with Crippen LogP contribution in [-0.2, 0) is 0 Å². The molecule has 2 rings (SSSR count). The summed E-state index contributed by atoms with van der Waals surface area (Å²) in [4.78, 5) is 9.60. The van der Waals surface area contributed by atoms with Crippen molar-refractivity contribution in [3.63, 3.8) is 0 Å². The number of rotatable bonds is 2.